The van der Waals surface area contributed by atoms with Crippen LogP contribution in [0, 0.1) is 5.41 Å². The van der Waals surface area contributed by atoms with Crippen LogP contribution in [0.2, 0.25) is 6.04 Å². The number of hydrogen-bond acceptors (Lipinski definition) is 0. The van der Waals surface area contributed by atoms with E-state index in [1.54, 1.807) is 5.56 Å². The molecule has 0 aromatic heterocycles. The molecule has 0 bridgehead atoms. The molecule has 1 aliphatic carbocycles. The predicted octanol–water partition coefficient (Wildman–Crippen LogP) is 4.41. The minimum atomic E-state index is 0.537. The second-order valence-electron chi connectivity index (χ2n) is 6.38. The van der Waals surface area contributed by atoms with E-state index in [1.165, 1.54) is 30.5 Å². The lowest BCUT2D eigenvalue weighted by molar-refractivity contribution is 0.375. The fourth-order valence-corrected chi connectivity index (χ4v) is 4.74. The average molecular weight is 278 g/mol. The van der Waals surface area contributed by atoms with E-state index in [1.807, 2.05) is 0 Å². The number of hydrogen-bond donors (Lipinski definition) is 0. The molecule has 0 aliphatic heterocycles. The van der Waals surface area contributed by atoms with Crippen LogP contribution in [0.25, 0.3) is 0 Å². The minimum Gasteiger partial charge on any atom is -0.0642 e. The molecule has 3 rings (SSSR count). The molecule has 2 atom stereocenters. The Balaban J connectivity index is 1.61. The van der Waals surface area contributed by atoms with Crippen molar-refractivity contribution in [2.24, 2.45) is 5.41 Å². The van der Waals surface area contributed by atoms with Crippen LogP contribution < -0.4 is 5.19 Å². The summed E-state index contributed by atoms with van der Waals surface area (Å²) >= 11 is 0. The molecule has 0 N–H and O–H groups in total. The largest absolute Gasteiger partial charge is 0.0813 e. The van der Waals surface area contributed by atoms with E-state index in [2.05, 4.69) is 67.6 Å². The van der Waals surface area contributed by atoms with Crippen molar-refractivity contribution < 1.29 is 0 Å². The van der Waals surface area contributed by atoms with Crippen molar-refractivity contribution >= 4 is 14.7 Å². The van der Waals surface area contributed by atoms with Gasteiger partial charge in [-0.1, -0.05) is 78.8 Å². The first-order valence-corrected chi connectivity index (χ1v) is 8.80. The molecule has 102 valence electrons. The first kappa shape index (κ1) is 13.6. The molecule has 2 radical (unpaired) electrons. The van der Waals surface area contributed by atoms with Gasteiger partial charge in [-0.2, -0.15) is 0 Å². The van der Waals surface area contributed by atoms with Crippen LogP contribution in [0.1, 0.15) is 37.7 Å². The quantitative estimate of drug-likeness (QED) is 0.727. The lowest BCUT2D eigenvalue weighted by atomic mass is 9.88. The van der Waals surface area contributed by atoms with E-state index in [9.17, 15) is 0 Å². The Morgan fingerprint density at radius 3 is 2.35 bits per heavy atom. The van der Waals surface area contributed by atoms with Crippen molar-refractivity contribution in [1.29, 1.82) is 0 Å². The smallest absolute Gasteiger partial charge is 0.0642 e. The Labute approximate surface area is 125 Å². The van der Waals surface area contributed by atoms with Gasteiger partial charge in [-0.05, 0) is 36.2 Å². The molecular weight excluding hydrogens is 256 g/mol. The highest BCUT2D eigenvalue weighted by Gasteiger charge is 2.35. The van der Waals surface area contributed by atoms with Crippen molar-refractivity contribution in [2.45, 2.75) is 38.1 Å². The standard InChI is InChI=1S/C19H22Si/c1-19(15-20-18-10-6-3-7-11-18)13-12-17(14-19)16-8-4-2-5-9-16/h2-11,17H,12-15H2,1H3/t17-,19+/m1/s1. The third-order valence-corrected chi connectivity index (χ3v) is 6.37. The first-order valence-electron chi connectivity index (χ1n) is 7.59. The summed E-state index contributed by atoms with van der Waals surface area (Å²) in [6.07, 6.45) is 4.10. The van der Waals surface area contributed by atoms with E-state index >= 15 is 0 Å². The van der Waals surface area contributed by atoms with Gasteiger partial charge in [0.05, 0.1) is 9.52 Å². The van der Waals surface area contributed by atoms with Crippen LogP contribution >= 0.6 is 0 Å². The second-order valence-corrected chi connectivity index (χ2v) is 7.67. The highest BCUT2D eigenvalue weighted by molar-refractivity contribution is 6.53. The van der Waals surface area contributed by atoms with Gasteiger partial charge in [-0.3, -0.25) is 0 Å². The zero-order valence-electron chi connectivity index (χ0n) is 12.2. The summed E-state index contributed by atoms with van der Waals surface area (Å²) in [6, 6.07) is 23.4. The van der Waals surface area contributed by atoms with Gasteiger partial charge in [0.1, 0.15) is 0 Å². The lowest BCUT2D eigenvalue weighted by Gasteiger charge is -2.24. The summed E-state index contributed by atoms with van der Waals surface area (Å²) in [5.41, 5.74) is 2.08. The van der Waals surface area contributed by atoms with Crippen molar-refractivity contribution in [2.75, 3.05) is 0 Å². The zero-order valence-corrected chi connectivity index (χ0v) is 13.2. The van der Waals surface area contributed by atoms with Crippen LogP contribution in [-0.2, 0) is 0 Å². The molecule has 0 saturated heterocycles. The van der Waals surface area contributed by atoms with Crippen LogP contribution in [0.3, 0.4) is 0 Å². The third-order valence-electron chi connectivity index (χ3n) is 4.60. The monoisotopic (exact) mass is 278 g/mol. The van der Waals surface area contributed by atoms with E-state index in [0.717, 1.165) is 15.4 Å². The Morgan fingerprint density at radius 1 is 1.00 bits per heavy atom. The van der Waals surface area contributed by atoms with Gasteiger partial charge < -0.3 is 0 Å². The molecule has 0 nitrogen and oxygen atoms in total. The lowest BCUT2D eigenvalue weighted by Crippen LogP contribution is -2.22. The van der Waals surface area contributed by atoms with E-state index in [0.29, 0.717) is 5.41 Å². The van der Waals surface area contributed by atoms with Crippen molar-refractivity contribution in [3.8, 4) is 0 Å². The normalized spacial score (nSPS) is 25.8. The second kappa shape index (κ2) is 5.97. The summed E-state index contributed by atoms with van der Waals surface area (Å²) in [4.78, 5) is 0. The maximum atomic E-state index is 2.49. The number of rotatable bonds is 4. The van der Waals surface area contributed by atoms with Crippen molar-refractivity contribution in [3.63, 3.8) is 0 Å². The van der Waals surface area contributed by atoms with Crippen LogP contribution in [0.15, 0.2) is 60.7 Å². The summed E-state index contributed by atoms with van der Waals surface area (Å²) in [5.74, 6) is 0.779. The van der Waals surface area contributed by atoms with Gasteiger partial charge in [-0.15, -0.1) is 0 Å². The fraction of sp³-hybridized carbons (Fsp3) is 0.368. The average Bonchev–Trinajstić information content (AvgIpc) is 2.90. The summed E-state index contributed by atoms with van der Waals surface area (Å²) in [6.45, 7) is 2.49. The summed E-state index contributed by atoms with van der Waals surface area (Å²) in [5, 5.41) is 1.51. The van der Waals surface area contributed by atoms with Crippen LogP contribution in [0.4, 0.5) is 0 Å². The molecule has 1 saturated carbocycles. The highest BCUT2D eigenvalue weighted by atomic mass is 28.2. The van der Waals surface area contributed by atoms with Crippen LogP contribution in [-0.4, -0.2) is 9.52 Å². The van der Waals surface area contributed by atoms with Gasteiger partial charge in [-0.25, -0.2) is 0 Å². The Bertz CT molecular complexity index is 534. The molecule has 0 spiro atoms. The third kappa shape index (κ3) is 3.21. The Kier molecular flexibility index (Phi) is 4.07. The Hall–Kier alpha value is -1.34. The molecule has 1 fully saturated rings. The van der Waals surface area contributed by atoms with Gasteiger partial charge >= 0.3 is 0 Å². The topological polar surface area (TPSA) is 0 Å². The van der Waals surface area contributed by atoms with Crippen molar-refractivity contribution in [1.82, 2.24) is 0 Å². The SMILES string of the molecule is C[C@]1(C[Si]c2ccccc2)CC[C@@H](c2ccccc2)C1. The molecule has 0 unspecified atom stereocenters. The molecule has 1 aliphatic rings. The maximum absolute atomic E-state index is 2.49. The van der Waals surface area contributed by atoms with Gasteiger partial charge in [0.25, 0.3) is 0 Å². The highest BCUT2D eigenvalue weighted by Crippen LogP contribution is 2.48. The minimum absolute atomic E-state index is 0.537. The fourth-order valence-electron chi connectivity index (χ4n) is 3.36. The van der Waals surface area contributed by atoms with Gasteiger partial charge in [0, 0.05) is 0 Å². The molecule has 2 aromatic carbocycles. The molecule has 0 heterocycles. The first-order chi connectivity index (χ1) is 9.75. The van der Waals surface area contributed by atoms with E-state index in [4.69, 9.17) is 0 Å². The molecule has 20 heavy (non-hydrogen) atoms. The van der Waals surface area contributed by atoms with Crippen LogP contribution in [0.5, 0.6) is 0 Å². The zero-order chi connectivity index (χ0) is 13.8. The summed E-state index contributed by atoms with van der Waals surface area (Å²) < 4.78 is 0. The van der Waals surface area contributed by atoms with E-state index in [-0.39, 0.29) is 0 Å². The van der Waals surface area contributed by atoms with Gasteiger partial charge in [0.2, 0.25) is 0 Å². The predicted molar refractivity (Wildman–Crippen MR) is 87.8 cm³/mol. The Morgan fingerprint density at radius 2 is 1.65 bits per heavy atom. The van der Waals surface area contributed by atoms with Gasteiger partial charge in [0.15, 0.2) is 0 Å². The molecule has 0 amide bonds. The maximum Gasteiger partial charge on any atom is 0.0813 e. The summed E-state index contributed by atoms with van der Waals surface area (Å²) in [7, 11) is 0.957. The molecule has 2 aromatic rings. The van der Waals surface area contributed by atoms with E-state index < -0.39 is 0 Å². The number of benzene rings is 2. The van der Waals surface area contributed by atoms with Crippen molar-refractivity contribution in [3.05, 3.63) is 66.2 Å². The molecular formula is C19H22Si. The molecule has 1 heteroatoms.